The van der Waals surface area contributed by atoms with Crippen LogP contribution in [-0.2, 0) is 9.53 Å². The Kier molecular flexibility index (Phi) is 9.95. The van der Waals surface area contributed by atoms with Gasteiger partial charge in [0.1, 0.15) is 11.4 Å². The van der Waals surface area contributed by atoms with E-state index in [1.165, 1.54) is 25.9 Å². The van der Waals surface area contributed by atoms with E-state index in [1.54, 1.807) is 0 Å². The average molecular weight is 405 g/mol. The number of rotatable bonds is 12. The summed E-state index contributed by atoms with van der Waals surface area (Å²) in [6.07, 6.45) is 6.17. The first-order valence-electron chi connectivity index (χ1n) is 11.4. The number of likely N-dealkylation sites (tertiary alicyclic amines) is 1. The van der Waals surface area contributed by atoms with E-state index >= 15 is 0 Å². The van der Waals surface area contributed by atoms with Gasteiger partial charge >= 0.3 is 0 Å². The smallest absolute Gasteiger partial charge is 0.256 e. The molecule has 2 rings (SSSR count). The van der Waals surface area contributed by atoms with Crippen LogP contribution in [0.3, 0.4) is 0 Å². The molecule has 5 heteroatoms. The van der Waals surface area contributed by atoms with Crippen molar-refractivity contribution in [3.8, 4) is 5.75 Å². The summed E-state index contributed by atoms with van der Waals surface area (Å²) in [6, 6.07) is 7.63. The molecule has 1 amide bonds. The molecular formula is C24H40N2O3. The van der Waals surface area contributed by atoms with E-state index in [-0.39, 0.29) is 5.91 Å². The molecule has 29 heavy (non-hydrogen) atoms. The van der Waals surface area contributed by atoms with Gasteiger partial charge in [-0.3, -0.25) is 4.79 Å². The number of benzene rings is 1. The zero-order chi connectivity index (χ0) is 21.1. The summed E-state index contributed by atoms with van der Waals surface area (Å²) in [4.78, 5) is 15.3. The topological polar surface area (TPSA) is 50.8 Å². The number of ether oxygens (including phenoxy) is 2. The summed E-state index contributed by atoms with van der Waals surface area (Å²) in [5.41, 5.74) is -0.0150. The highest BCUT2D eigenvalue weighted by Crippen LogP contribution is 2.23. The predicted molar refractivity (Wildman–Crippen MR) is 120 cm³/mol. The van der Waals surface area contributed by atoms with Gasteiger partial charge in [0.05, 0.1) is 6.61 Å². The fourth-order valence-electron chi connectivity index (χ4n) is 3.72. The summed E-state index contributed by atoms with van der Waals surface area (Å²) in [7, 11) is 0. The van der Waals surface area contributed by atoms with Gasteiger partial charge in [-0.15, -0.1) is 0 Å². The summed E-state index contributed by atoms with van der Waals surface area (Å²) < 4.78 is 11.7. The molecule has 5 nitrogen and oxygen atoms in total. The maximum atomic E-state index is 12.7. The molecule has 0 radical (unpaired) electrons. The summed E-state index contributed by atoms with van der Waals surface area (Å²) in [5, 5.41) is 2.99. The standard InChI is InChI=1S/C24H40N2O3/c1-5-14-24(4,29-18-6-2)23(27)25-21-8-10-22(11-9-21)28-19-7-15-26-16-12-20(3)13-17-26/h8-11,20H,5-7,12-19H2,1-4H3,(H,25,27)/t24-/m0/s1. The van der Waals surface area contributed by atoms with Crippen LogP contribution in [0, 0.1) is 5.92 Å². The zero-order valence-electron chi connectivity index (χ0n) is 18.8. The molecule has 1 aromatic rings. The highest BCUT2D eigenvalue weighted by Gasteiger charge is 2.33. The number of carbonyl (C=O) groups is 1. The number of nitrogens with zero attached hydrogens (tertiary/aromatic N) is 1. The van der Waals surface area contributed by atoms with Crippen LogP contribution in [0.25, 0.3) is 0 Å². The minimum Gasteiger partial charge on any atom is -0.494 e. The number of nitrogens with one attached hydrogen (secondary N) is 1. The van der Waals surface area contributed by atoms with Crippen LogP contribution in [0.15, 0.2) is 24.3 Å². The van der Waals surface area contributed by atoms with E-state index < -0.39 is 5.60 Å². The Hall–Kier alpha value is -1.59. The van der Waals surface area contributed by atoms with Crippen LogP contribution in [0.1, 0.15) is 66.2 Å². The first kappa shape index (κ1) is 23.7. The molecule has 164 valence electrons. The third-order valence-corrected chi connectivity index (χ3v) is 5.71. The maximum absolute atomic E-state index is 12.7. The monoisotopic (exact) mass is 404 g/mol. The largest absolute Gasteiger partial charge is 0.494 e. The molecule has 0 aliphatic carbocycles. The van der Waals surface area contributed by atoms with Crippen LogP contribution in [-0.4, -0.2) is 49.3 Å². The molecule has 1 heterocycles. The zero-order valence-corrected chi connectivity index (χ0v) is 18.8. The second-order valence-corrected chi connectivity index (χ2v) is 8.53. The van der Waals surface area contributed by atoms with Crippen molar-refractivity contribution >= 4 is 11.6 Å². The Balaban J connectivity index is 1.75. The van der Waals surface area contributed by atoms with Gasteiger partial charge in [0.2, 0.25) is 0 Å². The molecule has 0 spiro atoms. The van der Waals surface area contributed by atoms with Gasteiger partial charge in [-0.2, -0.15) is 0 Å². The van der Waals surface area contributed by atoms with E-state index in [2.05, 4.69) is 31.0 Å². The number of anilines is 1. The lowest BCUT2D eigenvalue weighted by Gasteiger charge is -2.30. The van der Waals surface area contributed by atoms with Gasteiger partial charge in [-0.1, -0.05) is 27.2 Å². The van der Waals surface area contributed by atoms with E-state index in [0.29, 0.717) is 13.0 Å². The Morgan fingerprint density at radius 3 is 2.45 bits per heavy atom. The van der Waals surface area contributed by atoms with Crippen molar-refractivity contribution in [2.24, 2.45) is 5.92 Å². The number of amides is 1. The fourth-order valence-corrected chi connectivity index (χ4v) is 3.72. The van der Waals surface area contributed by atoms with Crippen LogP contribution < -0.4 is 10.1 Å². The normalized spacial score (nSPS) is 17.7. The van der Waals surface area contributed by atoms with Gasteiger partial charge in [0, 0.05) is 18.8 Å². The molecule has 1 N–H and O–H groups in total. The highest BCUT2D eigenvalue weighted by molar-refractivity contribution is 5.97. The SMILES string of the molecule is CCCO[C@@](C)(CCC)C(=O)Nc1ccc(OCCCN2CCC(C)CC2)cc1. The predicted octanol–water partition coefficient (Wildman–Crippen LogP) is 5.11. The third kappa shape index (κ3) is 7.98. The molecule has 0 bridgehead atoms. The van der Waals surface area contributed by atoms with Crippen LogP contribution in [0.2, 0.25) is 0 Å². The highest BCUT2D eigenvalue weighted by atomic mass is 16.5. The summed E-state index contributed by atoms with van der Waals surface area (Å²) >= 11 is 0. The Morgan fingerprint density at radius 1 is 1.14 bits per heavy atom. The van der Waals surface area contributed by atoms with Crippen LogP contribution in [0.4, 0.5) is 5.69 Å². The summed E-state index contributed by atoms with van der Waals surface area (Å²) in [6.45, 7) is 13.2. The van der Waals surface area contributed by atoms with Crippen molar-refractivity contribution in [3.05, 3.63) is 24.3 Å². The molecule has 1 aliphatic rings. The molecule has 1 saturated heterocycles. The van der Waals surface area contributed by atoms with Crippen molar-refractivity contribution in [1.82, 2.24) is 4.90 Å². The number of hydrogen-bond donors (Lipinski definition) is 1. The van der Waals surface area contributed by atoms with Crippen LogP contribution in [0.5, 0.6) is 5.75 Å². The van der Waals surface area contributed by atoms with Crippen LogP contribution >= 0.6 is 0 Å². The van der Waals surface area contributed by atoms with E-state index in [1.807, 2.05) is 31.2 Å². The number of piperidine rings is 1. The van der Waals surface area contributed by atoms with Crippen molar-refractivity contribution < 1.29 is 14.3 Å². The second-order valence-electron chi connectivity index (χ2n) is 8.53. The first-order valence-corrected chi connectivity index (χ1v) is 11.4. The molecule has 1 fully saturated rings. The van der Waals surface area contributed by atoms with E-state index in [0.717, 1.165) is 49.8 Å². The lowest BCUT2D eigenvalue weighted by atomic mass is 9.99. The Morgan fingerprint density at radius 2 is 1.83 bits per heavy atom. The van der Waals surface area contributed by atoms with Crippen molar-refractivity contribution in [1.29, 1.82) is 0 Å². The lowest BCUT2D eigenvalue weighted by molar-refractivity contribution is -0.140. The molecule has 0 unspecified atom stereocenters. The number of carbonyl (C=O) groups excluding carboxylic acids is 1. The van der Waals surface area contributed by atoms with Gasteiger partial charge < -0.3 is 19.7 Å². The third-order valence-electron chi connectivity index (χ3n) is 5.71. The van der Waals surface area contributed by atoms with E-state index in [9.17, 15) is 4.79 Å². The second kappa shape index (κ2) is 12.2. The molecule has 1 aliphatic heterocycles. The lowest BCUT2D eigenvalue weighted by Crippen LogP contribution is -2.43. The van der Waals surface area contributed by atoms with E-state index in [4.69, 9.17) is 9.47 Å². The Bertz CT molecular complexity index is 597. The molecular weight excluding hydrogens is 364 g/mol. The number of hydrogen-bond acceptors (Lipinski definition) is 4. The van der Waals surface area contributed by atoms with Crippen molar-refractivity contribution in [2.45, 2.75) is 71.8 Å². The maximum Gasteiger partial charge on any atom is 0.256 e. The minimum atomic E-state index is -0.786. The molecule has 1 atom stereocenters. The summed E-state index contributed by atoms with van der Waals surface area (Å²) in [5.74, 6) is 1.63. The Labute approximate surface area is 177 Å². The minimum absolute atomic E-state index is 0.0858. The molecule has 0 saturated carbocycles. The van der Waals surface area contributed by atoms with Gasteiger partial charge in [0.15, 0.2) is 0 Å². The quantitative estimate of drug-likeness (QED) is 0.492. The van der Waals surface area contributed by atoms with Crippen molar-refractivity contribution in [3.63, 3.8) is 0 Å². The van der Waals surface area contributed by atoms with Gasteiger partial charge in [-0.05, 0) is 82.3 Å². The van der Waals surface area contributed by atoms with Gasteiger partial charge in [-0.25, -0.2) is 0 Å². The van der Waals surface area contributed by atoms with Gasteiger partial charge in [0.25, 0.3) is 5.91 Å². The van der Waals surface area contributed by atoms with Crippen molar-refractivity contribution in [2.75, 3.05) is 38.2 Å². The first-order chi connectivity index (χ1) is 14.0. The molecule has 1 aromatic carbocycles. The molecule has 0 aromatic heterocycles. The fraction of sp³-hybridized carbons (Fsp3) is 0.708. The average Bonchev–Trinajstić information content (AvgIpc) is 2.72.